The second-order valence-electron chi connectivity index (χ2n) is 4.45. The molecule has 0 radical (unpaired) electrons. The number of ether oxygens (including phenoxy) is 1. The molecule has 0 aromatic heterocycles. The van der Waals surface area contributed by atoms with Crippen molar-refractivity contribution in [2.45, 2.75) is 11.5 Å². The summed E-state index contributed by atoms with van der Waals surface area (Å²) < 4.78 is 42.0. The number of nitrogens with zero attached hydrogens (tertiary/aromatic N) is 1. The zero-order chi connectivity index (χ0) is 15.5. The monoisotopic (exact) mass is 305 g/mol. The van der Waals surface area contributed by atoms with E-state index in [0.717, 1.165) is 12.3 Å². The number of nitriles is 1. The van der Waals surface area contributed by atoms with Crippen molar-refractivity contribution in [2.24, 2.45) is 0 Å². The highest BCUT2D eigenvalue weighted by Crippen LogP contribution is 2.19. The minimum absolute atomic E-state index is 0.0508. The van der Waals surface area contributed by atoms with Gasteiger partial charge in [-0.1, -0.05) is 12.1 Å². The Balaban J connectivity index is 2.16. The Labute approximate surface area is 122 Å². The van der Waals surface area contributed by atoms with Crippen molar-refractivity contribution in [3.05, 3.63) is 59.4 Å². The molecule has 2 rings (SSSR count). The average Bonchev–Trinajstić information content (AvgIpc) is 2.45. The molecule has 4 nitrogen and oxygen atoms in total. The zero-order valence-electron chi connectivity index (χ0n) is 11.2. The zero-order valence-corrected chi connectivity index (χ0v) is 12.0. The second-order valence-corrected chi connectivity index (χ2v) is 6.47. The van der Waals surface area contributed by atoms with Crippen LogP contribution in [0.3, 0.4) is 0 Å². The van der Waals surface area contributed by atoms with Crippen LogP contribution in [0.4, 0.5) is 4.39 Å². The highest BCUT2D eigenvalue weighted by atomic mass is 32.2. The first-order chi connectivity index (χ1) is 9.90. The normalized spacial score (nSPS) is 10.9. The lowest BCUT2D eigenvalue weighted by Gasteiger charge is -2.08. The Morgan fingerprint density at radius 3 is 2.62 bits per heavy atom. The van der Waals surface area contributed by atoms with Crippen molar-refractivity contribution >= 4 is 9.84 Å². The van der Waals surface area contributed by atoms with Crippen LogP contribution in [0.5, 0.6) is 5.75 Å². The Hall–Kier alpha value is -2.39. The maximum Gasteiger partial charge on any atom is 0.175 e. The van der Waals surface area contributed by atoms with E-state index in [1.807, 2.05) is 6.07 Å². The standard InChI is InChI=1S/C15H12FNO3S/c1-21(18,19)14-4-2-3-13(8-14)20-10-12-6-5-11(9-17)7-15(12)16/h2-8H,10H2,1H3. The molecule has 0 aliphatic carbocycles. The molecule has 6 heteroatoms. The molecular formula is C15H12FNO3S. The Morgan fingerprint density at radius 2 is 2.00 bits per heavy atom. The summed E-state index contributed by atoms with van der Waals surface area (Å²) in [6, 6.07) is 11.9. The summed E-state index contributed by atoms with van der Waals surface area (Å²) >= 11 is 0. The molecule has 0 amide bonds. The van der Waals surface area contributed by atoms with Crippen LogP contribution in [0.2, 0.25) is 0 Å². The molecule has 21 heavy (non-hydrogen) atoms. The van der Waals surface area contributed by atoms with Gasteiger partial charge in [0.2, 0.25) is 0 Å². The molecule has 0 saturated carbocycles. The van der Waals surface area contributed by atoms with Gasteiger partial charge in [-0.25, -0.2) is 12.8 Å². The predicted octanol–water partition coefficient (Wildman–Crippen LogP) is 2.68. The topological polar surface area (TPSA) is 67.2 Å². The Kier molecular flexibility index (Phi) is 4.24. The third-order valence-electron chi connectivity index (χ3n) is 2.81. The van der Waals surface area contributed by atoms with Crippen LogP contribution < -0.4 is 4.74 Å². The molecule has 0 bridgehead atoms. The van der Waals surface area contributed by atoms with Gasteiger partial charge >= 0.3 is 0 Å². The molecule has 0 aliphatic heterocycles. The van der Waals surface area contributed by atoms with E-state index in [1.54, 1.807) is 12.1 Å². The number of hydrogen-bond donors (Lipinski definition) is 0. The van der Waals surface area contributed by atoms with Crippen LogP contribution in [0, 0.1) is 17.1 Å². The van der Waals surface area contributed by atoms with Crippen molar-refractivity contribution in [3.63, 3.8) is 0 Å². The molecule has 0 saturated heterocycles. The van der Waals surface area contributed by atoms with Crippen molar-refractivity contribution in [1.82, 2.24) is 0 Å². The third-order valence-corrected chi connectivity index (χ3v) is 3.92. The summed E-state index contributed by atoms with van der Waals surface area (Å²) in [6.45, 7) is -0.0508. The number of sulfone groups is 1. The van der Waals surface area contributed by atoms with Gasteiger partial charge in [-0.05, 0) is 30.3 Å². The number of rotatable bonds is 4. The van der Waals surface area contributed by atoms with Crippen molar-refractivity contribution in [2.75, 3.05) is 6.26 Å². The summed E-state index contributed by atoms with van der Waals surface area (Å²) in [6.07, 6.45) is 1.10. The summed E-state index contributed by atoms with van der Waals surface area (Å²) in [5.41, 5.74) is 0.522. The van der Waals surface area contributed by atoms with Gasteiger partial charge in [0.25, 0.3) is 0 Å². The molecule has 2 aromatic carbocycles. The van der Waals surface area contributed by atoms with E-state index in [2.05, 4.69) is 0 Å². The molecule has 0 atom stereocenters. The minimum atomic E-state index is -3.32. The molecule has 2 aromatic rings. The Morgan fingerprint density at radius 1 is 1.24 bits per heavy atom. The lowest BCUT2D eigenvalue weighted by Crippen LogP contribution is -2.01. The van der Waals surface area contributed by atoms with Crippen LogP contribution in [0.15, 0.2) is 47.4 Å². The maximum absolute atomic E-state index is 13.7. The van der Waals surface area contributed by atoms with E-state index in [0.29, 0.717) is 11.3 Å². The summed E-state index contributed by atoms with van der Waals surface area (Å²) in [7, 11) is -3.32. The van der Waals surface area contributed by atoms with Crippen LogP contribution >= 0.6 is 0 Å². The molecule has 0 aliphatic rings. The number of benzene rings is 2. The molecule has 0 heterocycles. The van der Waals surface area contributed by atoms with Gasteiger partial charge in [-0.3, -0.25) is 0 Å². The first kappa shape index (κ1) is 15.0. The van der Waals surface area contributed by atoms with Gasteiger partial charge in [0.15, 0.2) is 9.84 Å². The first-order valence-electron chi connectivity index (χ1n) is 6.01. The van der Waals surface area contributed by atoms with E-state index in [9.17, 15) is 12.8 Å². The van der Waals surface area contributed by atoms with Crippen LogP contribution in [0.1, 0.15) is 11.1 Å². The summed E-state index contributed by atoms with van der Waals surface area (Å²) in [5, 5.41) is 8.66. The van der Waals surface area contributed by atoms with Gasteiger partial charge < -0.3 is 4.74 Å². The van der Waals surface area contributed by atoms with Gasteiger partial charge in [-0.15, -0.1) is 0 Å². The van der Waals surface area contributed by atoms with Crippen molar-refractivity contribution in [3.8, 4) is 11.8 Å². The van der Waals surface area contributed by atoms with E-state index in [4.69, 9.17) is 10.00 Å². The Bertz CT molecular complexity index is 810. The highest BCUT2D eigenvalue weighted by Gasteiger charge is 2.09. The molecule has 0 unspecified atom stereocenters. The molecule has 0 N–H and O–H groups in total. The average molecular weight is 305 g/mol. The molecule has 0 fully saturated rings. The molecule has 0 spiro atoms. The fourth-order valence-corrected chi connectivity index (χ4v) is 2.35. The van der Waals surface area contributed by atoms with E-state index >= 15 is 0 Å². The van der Waals surface area contributed by atoms with Crippen molar-refractivity contribution in [1.29, 1.82) is 5.26 Å². The van der Waals surface area contributed by atoms with Gasteiger partial charge in [0.05, 0.1) is 16.5 Å². The van der Waals surface area contributed by atoms with Gasteiger partial charge in [0.1, 0.15) is 18.2 Å². The SMILES string of the molecule is CS(=O)(=O)c1cccc(OCc2ccc(C#N)cc2F)c1. The van der Waals surface area contributed by atoms with Crippen LogP contribution in [0.25, 0.3) is 0 Å². The number of halogens is 1. The highest BCUT2D eigenvalue weighted by molar-refractivity contribution is 7.90. The predicted molar refractivity (Wildman–Crippen MR) is 75.0 cm³/mol. The van der Waals surface area contributed by atoms with E-state index in [1.165, 1.54) is 24.3 Å². The van der Waals surface area contributed by atoms with E-state index < -0.39 is 15.7 Å². The first-order valence-corrected chi connectivity index (χ1v) is 7.91. The van der Waals surface area contributed by atoms with Gasteiger partial charge in [0, 0.05) is 11.8 Å². The fourth-order valence-electron chi connectivity index (χ4n) is 1.69. The van der Waals surface area contributed by atoms with Crippen LogP contribution in [-0.2, 0) is 16.4 Å². The largest absolute Gasteiger partial charge is 0.489 e. The lowest BCUT2D eigenvalue weighted by molar-refractivity contribution is 0.299. The second kappa shape index (κ2) is 5.94. The minimum Gasteiger partial charge on any atom is -0.489 e. The molecule has 108 valence electrons. The smallest absolute Gasteiger partial charge is 0.175 e. The van der Waals surface area contributed by atoms with E-state index in [-0.39, 0.29) is 17.1 Å². The van der Waals surface area contributed by atoms with Crippen molar-refractivity contribution < 1.29 is 17.5 Å². The molecular weight excluding hydrogens is 293 g/mol. The summed E-state index contributed by atoms with van der Waals surface area (Å²) in [4.78, 5) is 0.139. The third kappa shape index (κ3) is 3.80. The summed E-state index contributed by atoms with van der Waals surface area (Å²) in [5.74, 6) is -0.199. The lowest BCUT2D eigenvalue weighted by atomic mass is 10.1. The van der Waals surface area contributed by atoms with Crippen LogP contribution in [-0.4, -0.2) is 14.7 Å². The maximum atomic E-state index is 13.7. The number of hydrogen-bond acceptors (Lipinski definition) is 4. The fraction of sp³-hybridized carbons (Fsp3) is 0.133. The van der Waals surface area contributed by atoms with Gasteiger partial charge in [-0.2, -0.15) is 5.26 Å². The quantitative estimate of drug-likeness (QED) is 0.871.